The Morgan fingerprint density at radius 2 is 2.03 bits per heavy atom. The molecule has 1 atom stereocenters. The van der Waals surface area contributed by atoms with E-state index in [1.54, 1.807) is 23.1 Å². The summed E-state index contributed by atoms with van der Waals surface area (Å²) in [5.41, 5.74) is 8.07. The summed E-state index contributed by atoms with van der Waals surface area (Å²) >= 11 is 3.31. The number of nitriles is 1. The van der Waals surface area contributed by atoms with Gasteiger partial charge in [0.1, 0.15) is 5.82 Å². The van der Waals surface area contributed by atoms with Crippen molar-refractivity contribution in [2.24, 2.45) is 5.73 Å². The van der Waals surface area contributed by atoms with Crippen LogP contribution in [0.5, 0.6) is 0 Å². The zero-order valence-electron chi connectivity index (χ0n) is 18.8. The number of ketones is 1. The third kappa shape index (κ3) is 4.25. The predicted molar refractivity (Wildman–Crippen MR) is 129 cm³/mol. The van der Waals surface area contributed by atoms with Crippen molar-refractivity contribution in [3.63, 3.8) is 0 Å². The number of carbonyl (C=O) groups excluding carboxylic acids is 1. The van der Waals surface area contributed by atoms with Gasteiger partial charge in [0.05, 0.1) is 27.3 Å². The lowest BCUT2D eigenvalue weighted by molar-refractivity contribution is -0.137. The van der Waals surface area contributed by atoms with Crippen molar-refractivity contribution in [1.82, 2.24) is 0 Å². The number of thiophene rings is 1. The minimum absolute atomic E-state index is 0.0805. The summed E-state index contributed by atoms with van der Waals surface area (Å²) in [4.78, 5) is 15.9. The number of aryl methyl sites for hydroxylation is 1. The molecule has 1 aliphatic heterocycles. The molecule has 0 saturated carbocycles. The van der Waals surface area contributed by atoms with E-state index in [2.05, 4.69) is 13.0 Å². The summed E-state index contributed by atoms with van der Waals surface area (Å²) in [6.07, 6.45) is -2.29. The third-order valence-electron chi connectivity index (χ3n) is 6.06. The van der Waals surface area contributed by atoms with Gasteiger partial charge in [-0.1, -0.05) is 19.9 Å². The van der Waals surface area contributed by atoms with Gasteiger partial charge in [-0.15, -0.1) is 23.1 Å². The normalized spacial score (nSPS) is 18.9. The molecule has 34 heavy (non-hydrogen) atoms. The Kier molecular flexibility index (Phi) is 6.83. The van der Waals surface area contributed by atoms with E-state index in [4.69, 9.17) is 5.73 Å². The maximum atomic E-state index is 13.4. The van der Waals surface area contributed by atoms with Crippen molar-refractivity contribution < 1.29 is 18.0 Å². The molecule has 2 aromatic rings. The van der Waals surface area contributed by atoms with Gasteiger partial charge in [-0.25, -0.2) is 0 Å². The first-order valence-electron chi connectivity index (χ1n) is 11.1. The molecular weight excluding hydrogens is 479 g/mol. The lowest BCUT2D eigenvalue weighted by atomic mass is 9.76. The number of halogens is 3. The number of hydrogen-bond donors (Lipinski definition) is 1. The van der Waals surface area contributed by atoms with Crippen LogP contribution in [0.2, 0.25) is 0 Å². The summed E-state index contributed by atoms with van der Waals surface area (Å²) in [6, 6.07) is 9.10. The van der Waals surface area contributed by atoms with Crippen LogP contribution in [0.25, 0.3) is 0 Å². The number of benzene rings is 1. The average molecular weight is 504 g/mol. The molecular formula is C25H24F3N3OS2. The van der Waals surface area contributed by atoms with Gasteiger partial charge in [0.2, 0.25) is 0 Å². The number of carbonyl (C=O) groups is 1. The number of thioether (sulfide) groups is 1. The Balaban J connectivity index is 1.96. The fourth-order valence-corrected chi connectivity index (χ4v) is 6.95. The molecule has 2 heterocycles. The molecule has 0 bridgehead atoms. The van der Waals surface area contributed by atoms with E-state index < -0.39 is 17.7 Å². The van der Waals surface area contributed by atoms with Crippen LogP contribution in [0, 0.1) is 11.3 Å². The maximum Gasteiger partial charge on any atom is 0.416 e. The molecule has 1 aromatic heterocycles. The molecule has 1 aliphatic carbocycles. The first-order valence-corrected chi connectivity index (χ1v) is 12.9. The molecule has 0 spiro atoms. The molecule has 178 valence electrons. The lowest BCUT2D eigenvalue weighted by Gasteiger charge is -2.39. The monoisotopic (exact) mass is 503 g/mol. The zero-order chi connectivity index (χ0) is 24.6. The molecule has 9 heteroatoms. The second-order valence-corrected chi connectivity index (χ2v) is 10.8. The molecule has 2 N–H and O–H groups in total. The van der Waals surface area contributed by atoms with Gasteiger partial charge in [-0.3, -0.25) is 9.69 Å². The number of nitrogens with zero attached hydrogens (tertiary/aromatic N) is 2. The average Bonchev–Trinajstić information content (AvgIpc) is 3.21. The van der Waals surface area contributed by atoms with Crippen molar-refractivity contribution in [1.29, 1.82) is 5.26 Å². The van der Waals surface area contributed by atoms with E-state index in [-0.39, 0.29) is 22.9 Å². The van der Waals surface area contributed by atoms with Crippen LogP contribution in [0.15, 0.2) is 57.2 Å². The molecule has 0 unspecified atom stereocenters. The van der Waals surface area contributed by atoms with Gasteiger partial charge in [-0.05, 0) is 54.8 Å². The third-order valence-corrected chi connectivity index (χ3v) is 8.54. The van der Waals surface area contributed by atoms with Crippen LogP contribution < -0.4 is 10.6 Å². The number of nitrogens with two attached hydrogens (primary N) is 1. The maximum absolute atomic E-state index is 13.4. The molecule has 4 rings (SSSR count). The summed E-state index contributed by atoms with van der Waals surface area (Å²) in [5, 5.41) is 10.2. The minimum atomic E-state index is -4.52. The quantitative estimate of drug-likeness (QED) is 0.457. The smallest absolute Gasteiger partial charge is 0.384 e. The number of rotatable bonds is 5. The first-order chi connectivity index (χ1) is 16.2. The molecule has 4 nitrogen and oxygen atoms in total. The topological polar surface area (TPSA) is 70.1 Å². The minimum Gasteiger partial charge on any atom is -0.384 e. The van der Waals surface area contributed by atoms with Crippen molar-refractivity contribution >= 4 is 34.6 Å². The van der Waals surface area contributed by atoms with Crippen LogP contribution in [-0.2, 0) is 17.4 Å². The first kappa shape index (κ1) is 24.4. The van der Waals surface area contributed by atoms with Crippen molar-refractivity contribution in [2.45, 2.75) is 55.8 Å². The van der Waals surface area contributed by atoms with Gasteiger partial charge >= 0.3 is 6.18 Å². The molecule has 1 aromatic carbocycles. The Morgan fingerprint density at radius 3 is 2.68 bits per heavy atom. The Labute approximate surface area is 204 Å². The van der Waals surface area contributed by atoms with E-state index in [0.717, 1.165) is 39.0 Å². The summed E-state index contributed by atoms with van der Waals surface area (Å²) in [5.74, 6) is 0.221. The highest BCUT2D eigenvalue weighted by Gasteiger charge is 2.42. The van der Waals surface area contributed by atoms with E-state index in [9.17, 15) is 23.2 Å². The second kappa shape index (κ2) is 9.51. The van der Waals surface area contributed by atoms with Gasteiger partial charge in [0, 0.05) is 28.3 Å². The highest BCUT2D eigenvalue weighted by atomic mass is 32.2. The second-order valence-electron chi connectivity index (χ2n) is 8.11. The van der Waals surface area contributed by atoms with Crippen LogP contribution >= 0.6 is 23.1 Å². The van der Waals surface area contributed by atoms with Gasteiger partial charge in [-0.2, -0.15) is 18.4 Å². The Morgan fingerprint density at radius 1 is 1.26 bits per heavy atom. The van der Waals surface area contributed by atoms with Gasteiger partial charge < -0.3 is 5.73 Å². The number of anilines is 1. The number of alkyl halides is 3. The Bertz CT molecular complexity index is 1240. The van der Waals surface area contributed by atoms with E-state index in [0.29, 0.717) is 30.5 Å². The molecule has 0 fully saturated rings. The van der Waals surface area contributed by atoms with E-state index in [1.165, 1.54) is 17.0 Å². The number of Topliss-reactive ketones (excluding diaryl/α,β-unsaturated/α-hetero) is 1. The Hall–Kier alpha value is -2.70. The summed E-state index contributed by atoms with van der Waals surface area (Å²) in [6.45, 7) is 4.10. The SMILES string of the molecule is CCSc1sc(CC)cc1[C@H]1C(C#N)=C(N)N(c2cccc(C(F)(F)F)c2)C2=C1C(=O)CCC2. The standard InChI is InChI=1S/C25H24F3N3OS2/c1-3-16-12-17(24(34-16)33-4-2)21-18(13-29)23(30)31(19-9-6-10-20(32)22(19)21)15-8-5-7-14(11-15)25(26,27)28/h5,7-8,11-12,21H,3-4,6,9-10,30H2,1-2H3/t21-/m0/s1. The van der Waals surface area contributed by atoms with Crippen molar-refractivity contribution in [2.75, 3.05) is 10.7 Å². The molecule has 0 radical (unpaired) electrons. The van der Waals surface area contributed by atoms with Crippen molar-refractivity contribution in [3.05, 3.63) is 69.0 Å². The highest BCUT2D eigenvalue weighted by molar-refractivity contribution is 8.01. The molecule has 2 aliphatic rings. The number of hydrogen-bond acceptors (Lipinski definition) is 6. The van der Waals surface area contributed by atoms with Crippen LogP contribution in [0.3, 0.4) is 0 Å². The summed E-state index contributed by atoms with van der Waals surface area (Å²) in [7, 11) is 0. The van der Waals surface area contributed by atoms with Gasteiger partial charge in [0.15, 0.2) is 5.78 Å². The number of allylic oxidation sites excluding steroid dienone is 3. The fraction of sp³-hybridized carbons (Fsp3) is 0.360. The van der Waals surface area contributed by atoms with E-state index in [1.807, 2.05) is 13.0 Å². The van der Waals surface area contributed by atoms with Gasteiger partial charge in [0.25, 0.3) is 0 Å². The van der Waals surface area contributed by atoms with Crippen LogP contribution in [0.1, 0.15) is 55.0 Å². The van der Waals surface area contributed by atoms with Crippen molar-refractivity contribution in [3.8, 4) is 6.07 Å². The summed E-state index contributed by atoms with van der Waals surface area (Å²) < 4.78 is 41.3. The largest absolute Gasteiger partial charge is 0.416 e. The van der Waals surface area contributed by atoms with Crippen LogP contribution in [-0.4, -0.2) is 11.5 Å². The zero-order valence-corrected chi connectivity index (χ0v) is 20.5. The van der Waals surface area contributed by atoms with E-state index >= 15 is 0 Å². The van der Waals surface area contributed by atoms with Crippen LogP contribution in [0.4, 0.5) is 18.9 Å². The fourth-order valence-electron chi connectivity index (χ4n) is 4.57. The lowest BCUT2D eigenvalue weighted by Crippen LogP contribution is -2.38. The molecule has 0 saturated heterocycles. The highest BCUT2D eigenvalue weighted by Crippen LogP contribution is 2.50. The molecule has 0 amide bonds. The predicted octanol–water partition coefficient (Wildman–Crippen LogP) is 6.75.